The Balaban J connectivity index is 2.12. The third-order valence-corrected chi connectivity index (χ3v) is 2.68. The third kappa shape index (κ3) is 3.09. The predicted molar refractivity (Wildman–Crippen MR) is 65.6 cm³/mol. The van der Waals surface area contributed by atoms with Gasteiger partial charge in [0.15, 0.2) is 5.82 Å². The number of aromatic nitrogens is 3. The fourth-order valence-electron chi connectivity index (χ4n) is 1.47. The Morgan fingerprint density at radius 1 is 1.29 bits per heavy atom. The monoisotopic (exact) mass is 253 g/mol. The SMILES string of the molecule is CSCc1noc(-c2cc(CC(C)C)no2)n1. The minimum atomic E-state index is 0.400. The Labute approximate surface area is 104 Å². The number of rotatable bonds is 5. The summed E-state index contributed by atoms with van der Waals surface area (Å²) in [6.07, 6.45) is 2.88. The van der Waals surface area contributed by atoms with Gasteiger partial charge < -0.3 is 9.05 Å². The molecule has 0 bridgehead atoms. The van der Waals surface area contributed by atoms with E-state index in [1.54, 1.807) is 11.8 Å². The van der Waals surface area contributed by atoms with E-state index in [-0.39, 0.29) is 0 Å². The summed E-state index contributed by atoms with van der Waals surface area (Å²) in [6.45, 7) is 4.27. The van der Waals surface area contributed by atoms with Crippen molar-refractivity contribution in [2.24, 2.45) is 5.92 Å². The average molecular weight is 253 g/mol. The lowest BCUT2D eigenvalue weighted by atomic mass is 10.1. The van der Waals surface area contributed by atoms with Gasteiger partial charge >= 0.3 is 0 Å². The van der Waals surface area contributed by atoms with Crippen LogP contribution in [0, 0.1) is 5.92 Å². The van der Waals surface area contributed by atoms with Gasteiger partial charge in [-0.1, -0.05) is 24.2 Å². The van der Waals surface area contributed by atoms with E-state index in [1.165, 1.54) is 0 Å². The molecule has 0 aromatic carbocycles. The Morgan fingerprint density at radius 2 is 2.12 bits per heavy atom. The molecule has 0 atom stereocenters. The van der Waals surface area contributed by atoms with Crippen molar-refractivity contribution in [1.82, 2.24) is 15.3 Å². The summed E-state index contributed by atoms with van der Waals surface area (Å²) >= 11 is 1.65. The number of hydrogen-bond acceptors (Lipinski definition) is 6. The lowest BCUT2D eigenvalue weighted by molar-refractivity contribution is 0.378. The average Bonchev–Trinajstić information content (AvgIpc) is 2.86. The van der Waals surface area contributed by atoms with E-state index >= 15 is 0 Å². The molecule has 0 aliphatic carbocycles. The largest absolute Gasteiger partial charge is 0.351 e. The lowest BCUT2D eigenvalue weighted by Crippen LogP contribution is -1.92. The molecule has 0 aliphatic rings. The van der Waals surface area contributed by atoms with Crippen LogP contribution in [0.5, 0.6) is 0 Å². The van der Waals surface area contributed by atoms with Crippen LogP contribution < -0.4 is 0 Å². The highest BCUT2D eigenvalue weighted by Gasteiger charge is 2.14. The van der Waals surface area contributed by atoms with Crippen LogP contribution in [0.4, 0.5) is 0 Å². The predicted octanol–water partition coefficient (Wildman–Crippen LogP) is 2.79. The number of hydrogen-bond donors (Lipinski definition) is 0. The van der Waals surface area contributed by atoms with Crippen LogP contribution in [0.25, 0.3) is 11.7 Å². The summed E-state index contributed by atoms with van der Waals surface area (Å²) in [7, 11) is 0. The van der Waals surface area contributed by atoms with Crippen molar-refractivity contribution in [2.45, 2.75) is 26.0 Å². The Morgan fingerprint density at radius 3 is 2.82 bits per heavy atom. The first-order valence-electron chi connectivity index (χ1n) is 5.46. The maximum absolute atomic E-state index is 5.19. The number of nitrogens with zero attached hydrogens (tertiary/aromatic N) is 3. The minimum absolute atomic E-state index is 0.400. The molecule has 0 aliphatic heterocycles. The molecule has 0 spiro atoms. The fourth-order valence-corrected chi connectivity index (χ4v) is 1.84. The summed E-state index contributed by atoms with van der Waals surface area (Å²) in [5.41, 5.74) is 0.916. The lowest BCUT2D eigenvalue weighted by Gasteiger charge is -1.96. The van der Waals surface area contributed by atoms with Crippen molar-refractivity contribution in [3.63, 3.8) is 0 Å². The van der Waals surface area contributed by atoms with Crippen LogP contribution in [-0.4, -0.2) is 21.6 Å². The zero-order valence-electron chi connectivity index (χ0n) is 10.1. The molecule has 0 radical (unpaired) electrons. The van der Waals surface area contributed by atoms with Gasteiger partial charge in [-0.2, -0.15) is 16.7 Å². The van der Waals surface area contributed by atoms with Crippen LogP contribution in [0.2, 0.25) is 0 Å². The molecule has 0 amide bonds. The summed E-state index contributed by atoms with van der Waals surface area (Å²) in [5, 5.41) is 7.84. The van der Waals surface area contributed by atoms with E-state index in [4.69, 9.17) is 9.05 Å². The fraction of sp³-hybridized carbons (Fsp3) is 0.545. The normalized spacial score (nSPS) is 11.3. The highest BCUT2D eigenvalue weighted by molar-refractivity contribution is 7.97. The second-order valence-electron chi connectivity index (χ2n) is 4.23. The molecule has 5 nitrogen and oxygen atoms in total. The Kier molecular flexibility index (Phi) is 3.83. The first-order chi connectivity index (χ1) is 8.19. The Hall–Kier alpha value is -1.30. The smallest absolute Gasteiger partial charge is 0.296 e. The second-order valence-corrected chi connectivity index (χ2v) is 5.10. The van der Waals surface area contributed by atoms with Crippen molar-refractivity contribution in [3.8, 4) is 11.7 Å². The maximum Gasteiger partial charge on any atom is 0.296 e. The molecule has 2 aromatic heterocycles. The maximum atomic E-state index is 5.19. The van der Waals surface area contributed by atoms with Crippen LogP contribution in [0.15, 0.2) is 15.1 Å². The summed E-state index contributed by atoms with van der Waals surface area (Å²) in [5.74, 6) is 2.89. The van der Waals surface area contributed by atoms with Gasteiger partial charge in [-0.15, -0.1) is 0 Å². The molecule has 2 rings (SSSR count). The standard InChI is InChI=1S/C11H15N3O2S/c1-7(2)4-8-5-9(15-13-8)11-12-10(6-17-3)14-16-11/h5,7H,4,6H2,1-3H3. The van der Waals surface area contributed by atoms with Crippen LogP contribution in [0.3, 0.4) is 0 Å². The minimum Gasteiger partial charge on any atom is -0.351 e. The van der Waals surface area contributed by atoms with E-state index in [1.807, 2.05) is 12.3 Å². The molecular weight excluding hydrogens is 238 g/mol. The van der Waals surface area contributed by atoms with Crippen LogP contribution in [-0.2, 0) is 12.2 Å². The zero-order valence-corrected chi connectivity index (χ0v) is 11.0. The van der Waals surface area contributed by atoms with Gasteiger partial charge in [0.25, 0.3) is 5.89 Å². The summed E-state index contributed by atoms with van der Waals surface area (Å²) in [4.78, 5) is 4.23. The molecule has 2 aromatic rings. The molecule has 0 saturated heterocycles. The Bertz CT molecular complexity index is 479. The molecule has 0 N–H and O–H groups in total. The van der Waals surface area contributed by atoms with E-state index < -0.39 is 0 Å². The molecule has 0 saturated carbocycles. The van der Waals surface area contributed by atoms with Crippen LogP contribution >= 0.6 is 11.8 Å². The van der Waals surface area contributed by atoms with Crippen molar-refractivity contribution in [1.29, 1.82) is 0 Å². The molecular formula is C11H15N3O2S. The van der Waals surface area contributed by atoms with E-state index in [2.05, 4.69) is 29.1 Å². The first-order valence-corrected chi connectivity index (χ1v) is 6.86. The van der Waals surface area contributed by atoms with Gasteiger partial charge in [0, 0.05) is 6.07 Å². The van der Waals surface area contributed by atoms with Gasteiger partial charge in [0.1, 0.15) is 0 Å². The van der Waals surface area contributed by atoms with Gasteiger partial charge in [-0.05, 0) is 18.6 Å². The molecule has 92 valence electrons. The highest BCUT2D eigenvalue weighted by Crippen LogP contribution is 2.20. The molecule has 2 heterocycles. The third-order valence-electron chi connectivity index (χ3n) is 2.13. The second kappa shape index (κ2) is 5.35. The quantitative estimate of drug-likeness (QED) is 0.816. The van der Waals surface area contributed by atoms with E-state index in [0.29, 0.717) is 23.4 Å². The first kappa shape index (κ1) is 12.2. The van der Waals surface area contributed by atoms with E-state index in [9.17, 15) is 0 Å². The van der Waals surface area contributed by atoms with Crippen LogP contribution in [0.1, 0.15) is 25.4 Å². The summed E-state index contributed by atoms with van der Waals surface area (Å²) < 4.78 is 10.3. The molecule has 17 heavy (non-hydrogen) atoms. The van der Waals surface area contributed by atoms with Gasteiger partial charge in [0.05, 0.1) is 11.4 Å². The summed E-state index contributed by atoms with van der Waals surface area (Å²) in [6, 6.07) is 1.86. The van der Waals surface area contributed by atoms with Crippen molar-refractivity contribution < 1.29 is 9.05 Å². The zero-order chi connectivity index (χ0) is 12.3. The van der Waals surface area contributed by atoms with Crippen molar-refractivity contribution in [3.05, 3.63) is 17.6 Å². The van der Waals surface area contributed by atoms with Crippen molar-refractivity contribution in [2.75, 3.05) is 6.26 Å². The highest BCUT2D eigenvalue weighted by atomic mass is 32.2. The molecule has 0 unspecified atom stereocenters. The topological polar surface area (TPSA) is 65.0 Å². The van der Waals surface area contributed by atoms with Gasteiger partial charge in [-0.25, -0.2) is 0 Å². The van der Waals surface area contributed by atoms with Crippen molar-refractivity contribution >= 4 is 11.8 Å². The van der Waals surface area contributed by atoms with E-state index in [0.717, 1.165) is 17.9 Å². The molecule has 6 heteroatoms. The number of thioether (sulfide) groups is 1. The van der Waals surface area contributed by atoms with Gasteiger partial charge in [-0.3, -0.25) is 0 Å². The molecule has 0 fully saturated rings. The van der Waals surface area contributed by atoms with Gasteiger partial charge in [0.2, 0.25) is 5.76 Å².